The number of fused-ring (bicyclic) bond motifs is 1. The number of aromatic carboxylic acids is 1. The second-order valence-corrected chi connectivity index (χ2v) is 21.1. The number of aryl methyl sites for hydroxylation is 1. The summed E-state index contributed by atoms with van der Waals surface area (Å²) in [5.74, 6) is -2.77. The van der Waals surface area contributed by atoms with Crippen LogP contribution in [0.4, 0.5) is 0 Å². The van der Waals surface area contributed by atoms with Crippen LogP contribution < -0.4 is 10.1 Å². The summed E-state index contributed by atoms with van der Waals surface area (Å²) in [4.78, 5) is 40.8. The van der Waals surface area contributed by atoms with Crippen molar-refractivity contribution in [3.63, 3.8) is 0 Å². The van der Waals surface area contributed by atoms with Crippen LogP contribution in [-0.2, 0) is 43.1 Å². The van der Waals surface area contributed by atoms with Gasteiger partial charge in [0, 0.05) is 69.8 Å². The van der Waals surface area contributed by atoms with Crippen molar-refractivity contribution < 1.29 is 46.5 Å². The van der Waals surface area contributed by atoms with Crippen molar-refractivity contribution in [2.75, 3.05) is 26.2 Å². The van der Waals surface area contributed by atoms with Gasteiger partial charge < -0.3 is 30.2 Å². The van der Waals surface area contributed by atoms with Crippen molar-refractivity contribution in [2.45, 2.75) is 85.2 Å². The van der Waals surface area contributed by atoms with Gasteiger partial charge >= 0.3 is 17.8 Å². The predicted octanol–water partition coefficient (Wildman–Crippen LogP) is 2.63. The van der Waals surface area contributed by atoms with E-state index < -0.39 is 65.5 Å². The number of aromatic nitrogens is 1. The lowest BCUT2D eigenvalue weighted by Crippen LogP contribution is -3.15. The summed E-state index contributed by atoms with van der Waals surface area (Å²) in [7, 11) is -5.91. The Morgan fingerprint density at radius 3 is 1.86 bits per heavy atom. The first-order chi connectivity index (χ1) is 26.6. The van der Waals surface area contributed by atoms with Gasteiger partial charge in [0.25, 0.3) is 20.0 Å². The second kappa shape index (κ2) is 17.2. The monoisotopic (exact) mass is 849 g/mol. The van der Waals surface area contributed by atoms with Gasteiger partial charge in [-0.05, 0) is 67.1 Å². The van der Waals surface area contributed by atoms with Crippen molar-refractivity contribution >= 4 is 71.4 Å². The van der Waals surface area contributed by atoms with Crippen molar-refractivity contribution in [1.82, 2.24) is 13.2 Å². The van der Waals surface area contributed by atoms with Crippen LogP contribution in [-0.4, -0.2) is 91.2 Å². The summed E-state index contributed by atoms with van der Waals surface area (Å²) in [6, 6.07) is 11.8. The molecule has 0 saturated carbocycles. The molecule has 0 aliphatic carbocycles. The molecular formula is C37H47N5O10S4. The highest BCUT2D eigenvalue weighted by Crippen LogP contribution is 2.35. The van der Waals surface area contributed by atoms with Crippen molar-refractivity contribution in [3.05, 3.63) is 81.0 Å². The highest BCUT2D eigenvalue weighted by atomic mass is 32.3. The van der Waals surface area contributed by atoms with E-state index in [1.165, 1.54) is 32.2 Å². The Hall–Kier alpha value is -3.37. The number of nitrogens with one attached hydrogen (secondary N) is 2. The third-order valence-electron chi connectivity index (χ3n) is 11.2. The van der Waals surface area contributed by atoms with Crippen molar-refractivity contribution in [3.8, 4) is 0 Å². The first-order valence-electron chi connectivity index (χ1n) is 18.6. The third kappa shape index (κ3) is 8.57. The molecule has 2 saturated heterocycles. The number of rotatable bonds is 13. The molecule has 1 aromatic carbocycles. The first kappa shape index (κ1) is 42.2. The van der Waals surface area contributed by atoms with Crippen molar-refractivity contribution in [2.24, 2.45) is 12.5 Å². The zero-order valence-corrected chi connectivity index (χ0v) is 34.5. The molecule has 15 nitrogen and oxygen atoms in total. The van der Waals surface area contributed by atoms with Gasteiger partial charge in [-0.1, -0.05) is 30.3 Å². The number of hydroxylamine groups is 4. The van der Waals surface area contributed by atoms with Gasteiger partial charge in [-0.25, -0.2) is 31.2 Å². The largest absolute Gasteiger partial charge is 0.627 e. The lowest BCUT2D eigenvalue weighted by molar-refractivity contribution is -0.800. The number of carbonyl (C=O) groups excluding carboxylic acids is 2. The number of hydrogen-bond donors (Lipinski definition) is 3. The van der Waals surface area contributed by atoms with E-state index in [0.717, 1.165) is 22.7 Å². The topological polar surface area (TPSA) is 206 Å². The Bertz CT molecular complexity index is 2260. The Kier molecular flexibility index (Phi) is 13.0. The number of thiophene rings is 2. The first-order valence-corrected chi connectivity index (χ1v) is 23.2. The fourth-order valence-electron chi connectivity index (χ4n) is 8.04. The molecule has 0 spiro atoms. The van der Waals surface area contributed by atoms with Crippen LogP contribution in [0.3, 0.4) is 0 Å². The number of amides is 2. The highest BCUT2D eigenvalue weighted by Gasteiger charge is 2.44. The Morgan fingerprint density at radius 1 is 0.804 bits per heavy atom. The van der Waals surface area contributed by atoms with Crippen LogP contribution in [0, 0.1) is 15.8 Å². The van der Waals surface area contributed by atoms with E-state index in [9.17, 15) is 46.7 Å². The molecule has 56 heavy (non-hydrogen) atoms. The average Bonchev–Trinajstić information content (AvgIpc) is 3.89. The highest BCUT2D eigenvalue weighted by molar-refractivity contribution is 7.91. The van der Waals surface area contributed by atoms with Crippen LogP contribution in [0.2, 0.25) is 0 Å². The number of hydrogen-bond acceptors (Lipinski definition) is 11. The minimum absolute atomic E-state index is 0.0353. The number of carboxylic acid groups (broad SMARTS) is 1. The molecule has 3 aromatic heterocycles. The SMILES string of the molecule is Cn1c(C(=O)O)c(C[C@](C)(CCC(=O)[NH+]([O-])C2CCCN(S(=O)(=O)c3cccs3)CC2)C(=O)[NH+]([O-])C2CCCN(S(=O)(=O)c3cccs3)CC2)c2ccccc21. The number of carboxylic acids is 1. The molecule has 0 bridgehead atoms. The van der Waals surface area contributed by atoms with Gasteiger partial charge in [0.15, 0.2) is 0 Å². The lowest BCUT2D eigenvalue weighted by atomic mass is 9.77. The molecule has 19 heteroatoms. The zero-order valence-electron chi connectivity index (χ0n) is 31.2. The molecule has 2 amide bonds. The minimum Gasteiger partial charge on any atom is -0.627 e. The molecule has 0 radical (unpaired) electrons. The van der Waals surface area contributed by atoms with E-state index >= 15 is 0 Å². The Labute approximate surface area is 334 Å². The van der Waals surface area contributed by atoms with Gasteiger partial charge in [-0.2, -0.15) is 8.61 Å². The molecule has 2 aliphatic heterocycles. The van der Waals surface area contributed by atoms with Gasteiger partial charge in [0.1, 0.15) is 14.1 Å². The molecule has 5 heterocycles. The quantitative estimate of drug-likeness (QED) is 0.168. The standard InChI is InChI=1S/C37H47N5O10S4/c1-37(25-29-28-11-3-4-12-30(28)38(2)34(29)35(44)45,36(46)42(48)27-10-6-20-40(22-17-27)56(51,52)33-14-8-24-54-33)18-15-31(43)41(47)26-9-5-19-39(21-16-26)55(49,50)32-13-7-23-53-32/h3-4,7-8,11-14,23-24,26-27,41-42H,5-6,9-10,15-22,25H2,1-2H3,(H,44,45)/t26?,27?,37-/m0/s1. The summed E-state index contributed by atoms with van der Waals surface area (Å²) in [6.07, 6.45) is 0.768. The zero-order chi connectivity index (χ0) is 40.4. The third-order valence-corrected chi connectivity index (χ3v) is 17.8. The van der Waals surface area contributed by atoms with E-state index in [-0.39, 0.29) is 78.8 Å². The van der Waals surface area contributed by atoms with Crippen LogP contribution in [0.25, 0.3) is 10.9 Å². The molecule has 2 fully saturated rings. The number of carbonyl (C=O) groups is 3. The Morgan fingerprint density at radius 2 is 1.34 bits per heavy atom. The van der Waals surface area contributed by atoms with Gasteiger partial charge in [-0.3, -0.25) is 0 Å². The maximum absolute atomic E-state index is 14.5. The molecule has 2 aliphatic rings. The average molecular weight is 850 g/mol. The molecule has 6 rings (SSSR count). The number of nitrogens with zero attached hydrogens (tertiary/aromatic N) is 3. The molecule has 5 atom stereocenters. The summed E-state index contributed by atoms with van der Waals surface area (Å²) in [5, 5.41) is 40.6. The lowest BCUT2D eigenvalue weighted by Gasteiger charge is -2.37. The van der Waals surface area contributed by atoms with Crippen LogP contribution in [0.15, 0.2) is 67.7 Å². The van der Waals surface area contributed by atoms with E-state index in [1.807, 2.05) is 0 Å². The number of para-hydroxylation sites is 1. The molecule has 304 valence electrons. The van der Waals surface area contributed by atoms with Gasteiger partial charge in [0.2, 0.25) is 0 Å². The van der Waals surface area contributed by atoms with Gasteiger partial charge in [0.05, 0.1) is 23.9 Å². The summed E-state index contributed by atoms with van der Waals surface area (Å²) >= 11 is 2.21. The second-order valence-electron chi connectivity index (χ2n) is 14.9. The maximum Gasteiger partial charge on any atom is 0.352 e. The minimum atomic E-state index is -3.77. The fraction of sp³-hybridized carbons (Fsp3) is 0.486. The molecule has 3 N–H and O–H groups in total. The molecule has 4 aromatic rings. The molecule has 4 unspecified atom stereocenters. The smallest absolute Gasteiger partial charge is 0.352 e. The summed E-state index contributed by atoms with van der Waals surface area (Å²) in [5.41, 5.74) is -0.746. The van der Waals surface area contributed by atoms with E-state index in [2.05, 4.69) is 0 Å². The Balaban J connectivity index is 1.22. The predicted molar refractivity (Wildman–Crippen MR) is 211 cm³/mol. The summed E-state index contributed by atoms with van der Waals surface area (Å²) in [6.45, 7) is 2.03. The molecular weight excluding hydrogens is 803 g/mol. The van der Waals surface area contributed by atoms with Crippen LogP contribution in [0.5, 0.6) is 0 Å². The number of benzene rings is 1. The van der Waals surface area contributed by atoms with Crippen LogP contribution >= 0.6 is 22.7 Å². The fourth-order valence-corrected chi connectivity index (χ4v) is 13.3. The number of sulfonamides is 2. The van der Waals surface area contributed by atoms with E-state index in [4.69, 9.17) is 0 Å². The van der Waals surface area contributed by atoms with E-state index in [1.54, 1.807) is 54.2 Å². The van der Waals surface area contributed by atoms with Crippen molar-refractivity contribution in [1.29, 1.82) is 0 Å². The van der Waals surface area contributed by atoms with E-state index in [0.29, 0.717) is 35.7 Å². The number of quaternary nitrogens is 2. The van der Waals surface area contributed by atoms with Crippen LogP contribution in [0.1, 0.15) is 74.3 Å². The van der Waals surface area contributed by atoms with Gasteiger partial charge in [-0.15, -0.1) is 22.7 Å². The normalized spacial score (nSPS) is 21.5. The maximum atomic E-state index is 14.5. The summed E-state index contributed by atoms with van der Waals surface area (Å²) < 4.78 is 57.4.